The molecule has 1 aromatic heterocycles. The summed E-state index contributed by atoms with van der Waals surface area (Å²) in [6.07, 6.45) is 7.68. The first-order valence-corrected chi connectivity index (χ1v) is 7.38. The third-order valence-corrected chi connectivity index (χ3v) is 3.65. The van der Waals surface area contributed by atoms with Crippen LogP contribution in [0.15, 0.2) is 18.5 Å². The summed E-state index contributed by atoms with van der Waals surface area (Å²) < 4.78 is 1.97. The van der Waals surface area contributed by atoms with Gasteiger partial charge in [-0.1, -0.05) is 13.8 Å². The molecule has 1 aromatic rings. The second-order valence-electron chi connectivity index (χ2n) is 5.38. The first kappa shape index (κ1) is 14.1. The molecule has 0 aliphatic heterocycles. The van der Waals surface area contributed by atoms with Crippen LogP contribution in [0.2, 0.25) is 0 Å². The molecule has 106 valence electrons. The number of aromatic nitrogens is 1. The van der Waals surface area contributed by atoms with Gasteiger partial charge in [-0.3, -0.25) is 4.79 Å². The van der Waals surface area contributed by atoms with E-state index < -0.39 is 0 Å². The van der Waals surface area contributed by atoms with Crippen molar-refractivity contribution in [1.29, 1.82) is 0 Å². The molecule has 19 heavy (non-hydrogen) atoms. The Hall–Kier alpha value is -1.29. The summed E-state index contributed by atoms with van der Waals surface area (Å²) >= 11 is 0. The van der Waals surface area contributed by atoms with Gasteiger partial charge in [0.25, 0.3) is 0 Å². The van der Waals surface area contributed by atoms with Gasteiger partial charge in [0.15, 0.2) is 0 Å². The van der Waals surface area contributed by atoms with Gasteiger partial charge in [0.05, 0.1) is 0 Å². The second-order valence-corrected chi connectivity index (χ2v) is 5.38. The van der Waals surface area contributed by atoms with E-state index in [1.165, 1.54) is 18.4 Å². The van der Waals surface area contributed by atoms with Crippen LogP contribution < -0.4 is 10.6 Å². The number of nitrogens with zero attached hydrogens (tertiary/aromatic N) is 1. The Morgan fingerprint density at radius 3 is 2.89 bits per heavy atom. The summed E-state index contributed by atoms with van der Waals surface area (Å²) in [5.74, 6) is 0.855. The maximum Gasteiger partial charge on any atom is 0.239 e. The number of hydrogen-bond donors (Lipinski definition) is 2. The predicted octanol–water partition coefficient (Wildman–Crippen LogP) is 2.07. The maximum absolute atomic E-state index is 11.8. The predicted molar refractivity (Wildman–Crippen MR) is 76.9 cm³/mol. The van der Waals surface area contributed by atoms with Crippen LogP contribution in [-0.2, 0) is 11.3 Å². The number of nitrogens with one attached hydrogen (secondary N) is 2. The van der Waals surface area contributed by atoms with Crippen LogP contribution in [0, 0.1) is 5.92 Å². The molecule has 1 amide bonds. The van der Waals surface area contributed by atoms with Crippen LogP contribution >= 0.6 is 0 Å². The van der Waals surface area contributed by atoms with Crippen molar-refractivity contribution in [2.24, 2.45) is 5.92 Å². The van der Waals surface area contributed by atoms with Gasteiger partial charge < -0.3 is 15.2 Å². The summed E-state index contributed by atoms with van der Waals surface area (Å²) in [4.78, 5) is 11.8. The van der Waals surface area contributed by atoms with Crippen LogP contribution in [0.1, 0.15) is 44.7 Å². The fourth-order valence-corrected chi connectivity index (χ4v) is 2.31. The van der Waals surface area contributed by atoms with Gasteiger partial charge in [0, 0.05) is 25.0 Å². The lowest BCUT2D eigenvalue weighted by Gasteiger charge is -2.13. The smallest absolute Gasteiger partial charge is 0.239 e. The highest BCUT2D eigenvalue weighted by Gasteiger charge is 2.21. The van der Waals surface area contributed by atoms with Crippen LogP contribution in [0.3, 0.4) is 0 Å². The summed E-state index contributed by atoms with van der Waals surface area (Å²) in [5.41, 5.74) is 1.26. The standard InChI is InChI=1S/C15H25N3O/c1-3-14(16-4-2)13-7-8-18(10-13)11-15(19)17-9-12-5-6-12/h7-8,10,12,14,16H,3-6,9,11H2,1-2H3,(H,17,19). The van der Waals surface area contributed by atoms with Gasteiger partial charge in [-0.15, -0.1) is 0 Å². The molecular formula is C15H25N3O. The SMILES string of the molecule is CCNC(CC)c1ccn(CC(=O)NCC2CC2)c1. The molecule has 4 heteroatoms. The van der Waals surface area contributed by atoms with Crippen LogP contribution in [-0.4, -0.2) is 23.6 Å². The summed E-state index contributed by atoms with van der Waals surface area (Å²) in [5, 5.41) is 6.45. The molecule has 1 aliphatic rings. The van der Waals surface area contributed by atoms with Crippen molar-refractivity contribution in [2.45, 2.75) is 45.7 Å². The first-order chi connectivity index (χ1) is 9.22. The zero-order chi connectivity index (χ0) is 13.7. The van der Waals surface area contributed by atoms with E-state index in [9.17, 15) is 4.79 Å². The zero-order valence-electron chi connectivity index (χ0n) is 12.0. The van der Waals surface area contributed by atoms with Crippen molar-refractivity contribution < 1.29 is 4.79 Å². The molecule has 2 N–H and O–H groups in total. The fourth-order valence-electron chi connectivity index (χ4n) is 2.31. The van der Waals surface area contributed by atoms with E-state index in [-0.39, 0.29) is 5.91 Å². The molecule has 0 saturated heterocycles. The first-order valence-electron chi connectivity index (χ1n) is 7.38. The van der Waals surface area contributed by atoms with Crippen molar-refractivity contribution in [3.05, 3.63) is 24.0 Å². The van der Waals surface area contributed by atoms with Crippen LogP contribution in [0.5, 0.6) is 0 Å². The zero-order valence-corrected chi connectivity index (χ0v) is 12.0. The average Bonchev–Trinajstić information content (AvgIpc) is 3.13. The normalized spacial score (nSPS) is 16.3. The van der Waals surface area contributed by atoms with Gasteiger partial charge in [0.1, 0.15) is 6.54 Å². The Balaban J connectivity index is 1.83. The minimum atomic E-state index is 0.116. The molecule has 2 rings (SSSR count). The Kier molecular flexibility index (Phi) is 5.02. The quantitative estimate of drug-likeness (QED) is 0.754. The number of amides is 1. The summed E-state index contributed by atoms with van der Waals surface area (Å²) in [6, 6.07) is 2.49. The molecule has 1 saturated carbocycles. The number of hydrogen-bond acceptors (Lipinski definition) is 2. The molecule has 1 unspecified atom stereocenters. The van der Waals surface area contributed by atoms with E-state index in [0.29, 0.717) is 12.6 Å². The monoisotopic (exact) mass is 263 g/mol. The molecule has 0 radical (unpaired) electrons. The van der Waals surface area contributed by atoms with Crippen LogP contribution in [0.4, 0.5) is 0 Å². The van der Waals surface area contributed by atoms with Crippen molar-refractivity contribution in [3.8, 4) is 0 Å². The molecule has 1 heterocycles. The number of rotatable bonds is 8. The van der Waals surface area contributed by atoms with Gasteiger partial charge in [-0.05, 0) is 43.4 Å². The van der Waals surface area contributed by atoms with E-state index in [2.05, 4.69) is 36.7 Å². The Labute approximate surface area is 115 Å². The van der Waals surface area contributed by atoms with Gasteiger partial charge in [0.2, 0.25) is 5.91 Å². The Bertz CT molecular complexity index is 409. The Morgan fingerprint density at radius 2 is 2.26 bits per heavy atom. The van der Waals surface area contributed by atoms with E-state index >= 15 is 0 Å². The van der Waals surface area contributed by atoms with Gasteiger partial charge in [-0.2, -0.15) is 0 Å². The van der Waals surface area contributed by atoms with Gasteiger partial charge in [-0.25, -0.2) is 0 Å². The minimum Gasteiger partial charge on any atom is -0.354 e. The highest BCUT2D eigenvalue weighted by molar-refractivity contribution is 5.75. The second kappa shape index (κ2) is 6.75. The van der Waals surface area contributed by atoms with Crippen molar-refractivity contribution in [1.82, 2.24) is 15.2 Å². The third-order valence-electron chi connectivity index (χ3n) is 3.65. The molecule has 1 atom stereocenters. The van der Waals surface area contributed by atoms with Crippen molar-refractivity contribution in [2.75, 3.05) is 13.1 Å². The lowest BCUT2D eigenvalue weighted by molar-refractivity contribution is -0.121. The lowest BCUT2D eigenvalue weighted by Crippen LogP contribution is -2.28. The van der Waals surface area contributed by atoms with Crippen molar-refractivity contribution in [3.63, 3.8) is 0 Å². The molecular weight excluding hydrogens is 238 g/mol. The summed E-state index contributed by atoms with van der Waals surface area (Å²) in [7, 11) is 0. The minimum absolute atomic E-state index is 0.116. The number of carbonyl (C=O) groups is 1. The van der Waals surface area contributed by atoms with Gasteiger partial charge >= 0.3 is 0 Å². The average molecular weight is 263 g/mol. The highest BCUT2D eigenvalue weighted by atomic mass is 16.1. The maximum atomic E-state index is 11.8. The van der Waals surface area contributed by atoms with Crippen molar-refractivity contribution >= 4 is 5.91 Å². The lowest BCUT2D eigenvalue weighted by atomic mass is 10.1. The fraction of sp³-hybridized carbons (Fsp3) is 0.667. The molecule has 1 fully saturated rings. The van der Waals surface area contributed by atoms with E-state index in [4.69, 9.17) is 0 Å². The summed E-state index contributed by atoms with van der Waals surface area (Å²) in [6.45, 7) is 6.53. The third kappa shape index (κ3) is 4.39. The molecule has 0 aromatic carbocycles. The molecule has 4 nitrogen and oxygen atoms in total. The molecule has 0 spiro atoms. The largest absolute Gasteiger partial charge is 0.354 e. The molecule has 0 bridgehead atoms. The number of carbonyl (C=O) groups excluding carboxylic acids is 1. The molecule has 1 aliphatic carbocycles. The van der Waals surface area contributed by atoms with E-state index in [1.807, 2.05) is 10.8 Å². The van der Waals surface area contributed by atoms with E-state index in [1.54, 1.807) is 0 Å². The Morgan fingerprint density at radius 1 is 1.47 bits per heavy atom. The van der Waals surface area contributed by atoms with Crippen LogP contribution in [0.25, 0.3) is 0 Å². The van der Waals surface area contributed by atoms with E-state index in [0.717, 1.165) is 25.4 Å². The highest BCUT2D eigenvalue weighted by Crippen LogP contribution is 2.27. The topological polar surface area (TPSA) is 46.1 Å².